The van der Waals surface area contributed by atoms with Crippen LogP contribution in [0.2, 0.25) is 0 Å². The highest BCUT2D eigenvalue weighted by molar-refractivity contribution is 5.85. The van der Waals surface area contributed by atoms with Crippen molar-refractivity contribution in [2.75, 3.05) is 13.2 Å². The van der Waals surface area contributed by atoms with Crippen LogP contribution in [0.1, 0.15) is 38.0 Å². The SMILES string of the molecule is CCC1(c2nc(C(C)N)no2)COC1.Cl. The molecular weight excluding hydrogens is 218 g/mol. The van der Waals surface area contributed by atoms with Gasteiger partial charge in [-0.1, -0.05) is 12.1 Å². The van der Waals surface area contributed by atoms with E-state index in [-0.39, 0.29) is 23.9 Å². The third-order valence-electron chi connectivity index (χ3n) is 2.74. The number of nitrogens with zero attached hydrogens (tertiary/aromatic N) is 2. The third-order valence-corrected chi connectivity index (χ3v) is 2.74. The number of ether oxygens (including phenoxy) is 1. The number of hydrogen-bond acceptors (Lipinski definition) is 5. The third kappa shape index (κ3) is 2.00. The monoisotopic (exact) mass is 233 g/mol. The molecule has 0 aromatic carbocycles. The second-order valence-corrected chi connectivity index (χ2v) is 3.87. The summed E-state index contributed by atoms with van der Waals surface area (Å²) in [6.07, 6.45) is 0.952. The van der Waals surface area contributed by atoms with Gasteiger partial charge in [0, 0.05) is 0 Å². The van der Waals surface area contributed by atoms with Gasteiger partial charge in [-0.05, 0) is 13.3 Å². The molecule has 0 aliphatic carbocycles. The first-order valence-electron chi connectivity index (χ1n) is 4.85. The van der Waals surface area contributed by atoms with Crippen LogP contribution in [0.15, 0.2) is 4.52 Å². The van der Waals surface area contributed by atoms with Crippen molar-refractivity contribution in [2.45, 2.75) is 31.7 Å². The first-order valence-corrected chi connectivity index (χ1v) is 4.85. The fourth-order valence-corrected chi connectivity index (χ4v) is 1.46. The molecule has 0 spiro atoms. The first-order chi connectivity index (χ1) is 6.68. The highest BCUT2D eigenvalue weighted by Gasteiger charge is 2.44. The molecule has 5 nitrogen and oxygen atoms in total. The maximum absolute atomic E-state index is 5.65. The van der Waals surface area contributed by atoms with E-state index in [9.17, 15) is 0 Å². The molecular formula is C9H16ClN3O2. The molecule has 1 fully saturated rings. The van der Waals surface area contributed by atoms with Crippen molar-refractivity contribution in [1.82, 2.24) is 10.1 Å². The van der Waals surface area contributed by atoms with Gasteiger partial charge < -0.3 is 15.0 Å². The van der Waals surface area contributed by atoms with E-state index >= 15 is 0 Å². The van der Waals surface area contributed by atoms with Gasteiger partial charge in [0.15, 0.2) is 5.82 Å². The van der Waals surface area contributed by atoms with E-state index in [2.05, 4.69) is 17.1 Å². The highest BCUT2D eigenvalue weighted by atomic mass is 35.5. The van der Waals surface area contributed by atoms with E-state index < -0.39 is 0 Å². The highest BCUT2D eigenvalue weighted by Crippen LogP contribution is 2.34. The Hall–Kier alpha value is -0.650. The van der Waals surface area contributed by atoms with Crippen LogP contribution >= 0.6 is 12.4 Å². The molecule has 1 aromatic rings. The van der Waals surface area contributed by atoms with E-state index in [0.29, 0.717) is 24.9 Å². The smallest absolute Gasteiger partial charge is 0.237 e. The van der Waals surface area contributed by atoms with Gasteiger partial charge in [0.05, 0.1) is 24.7 Å². The van der Waals surface area contributed by atoms with Crippen LogP contribution < -0.4 is 5.73 Å². The molecule has 0 amide bonds. The summed E-state index contributed by atoms with van der Waals surface area (Å²) in [5, 5.41) is 3.84. The van der Waals surface area contributed by atoms with Crippen molar-refractivity contribution < 1.29 is 9.26 Å². The quantitative estimate of drug-likeness (QED) is 0.849. The summed E-state index contributed by atoms with van der Waals surface area (Å²) in [7, 11) is 0. The Morgan fingerprint density at radius 2 is 2.20 bits per heavy atom. The normalized spacial score (nSPS) is 20.2. The van der Waals surface area contributed by atoms with Crippen molar-refractivity contribution >= 4 is 12.4 Å². The van der Waals surface area contributed by atoms with Crippen LogP contribution in [0.4, 0.5) is 0 Å². The summed E-state index contributed by atoms with van der Waals surface area (Å²) < 4.78 is 10.4. The zero-order chi connectivity index (χ0) is 10.2. The Bertz CT molecular complexity index is 317. The van der Waals surface area contributed by atoms with E-state index in [1.807, 2.05) is 6.92 Å². The van der Waals surface area contributed by atoms with Crippen LogP contribution in [-0.2, 0) is 10.2 Å². The maximum atomic E-state index is 5.65. The maximum Gasteiger partial charge on any atom is 0.237 e. The molecule has 2 heterocycles. The van der Waals surface area contributed by atoms with Gasteiger partial charge in [-0.25, -0.2) is 0 Å². The van der Waals surface area contributed by atoms with Gasteiger partial charge in [-0.3, -0.25) is 0 Å². The van der Waals surface area contributed by atoms with Crippen molar-refractivity contribution in [2.24, 2.45) is 5.73 Å². The van der Waals surface area contributed by atoms with Crippen LogP contribution in [-0.4, -0.2) is 23.4 Å². The molecule has 1 saturated heterocycles. The predicted octanol–water partition coefficient (Wildman–Crippen LogP) is 1.19. The van der Waals surface area contributed by atoms with Crippen LogP contribution in [0, 0.1) is 0 Å². The summed E-state index contributed by atoms with van der Waals surface area (Å²) in [5.74, 6) is 1.23. The van der Waals surface area contributed by atoms with Crippen molar-refractivity contribution in [1.29, 1.82) is 0 Å². The van der Waals surface area contributed by atoms with Gasteiger partial charge in [-0.15, -0.1) is 12.4 Å². The molecule has 1 aliphatic heterocycles. The lowest BCUT2D eigenvalue weighted by atomic mass is 9.83. The average Bonchev–Trinajstić information content (AvgIpc) is 2.52. The topological polar surface area (TPSA) is 74.2 Å². The Balaban J connectivity index is 0.00000112. The van der Waals surface area contributed by atoms with Crippen LogP contribution in [0.3, 0.4) is 0 Å². The number of aromatic nitrogens is 2. The van der Waals surface area contributed by atoms with Crippen LogP contribution in [0.25, 0.3) is 0 Å². The molecule has 6 heteroatoms. The fourth-order valence-electron chi connectivity index (χ4n) is 1.46. The summed E-state index contributed by atoms with van der Waals surface area (Å²) in [5.41, 5.74) is 5.60. The standard InChI is InChI=1S/C9H15N3O2.ClH/c1-3-9(4-13-5-9)8-11-7(6(2)10)12-14-8;/h6H,3-5,10H2,1-2H3;1H. The van der Waals surface area contributed by atoms with Gasteiger partial charge in [0.1, 0.15) is 0 Å². The molecule has 1 atom stereocenters. The average molecular weight is 234 g/mol. The zero-order valence-corrected chi connectivity index (χ0v) is 9.71. The fraction of sp³-hybridized carbons (Fsp3) is 0.778. The number of halogens is 1. The molecule has 15 heavy (non-hydrogen) atoms. The summed E-state index contributed by atoms with van der Waals surface area (Å²) >= 11 is 0. The minimum absolute atomic E-state index is 0. The second kappa shape index (κ2) is 4.47. The summed E-state index contributed by atoms with van der Waals surface area (Å²) in [6.45, 7) is 5.27. The minimum Gasteiger partial charge on any atom is -0.379 e. The van der Waals surface area contributed by atoms with Gasteiger partial charge in [0.2, 0.25) is 5.89 Å². The largest absolute Gasteiger partial charge is 0.379 e. The minimum atomic E-state index is -0.178. The van der Waals surface area contributed by atoms with E-state index in [1.165, 1.54) is 0 Å². The molecule has 1 aliphatic rings. The zero-order valence-electron chi connectivity index (χ0n) is 8.90. The van der Waals surface area contributed by atoms with Gasteiger partial charge in [-0.2, -0.15) is 4.98 Å². The molecule has 86 valence electrons. The number of nitrogens with two attached hydrogens (primary N) is 1. The molecule has 0 bridgehead atoms. The lowest BCUT2D eigenvalue weighted by molar-refractivity contribution is -0.0765. The Morgan fingerprint density at radius 3 is 2.53 bits per heavy atom. The van der Waals surface area contributed by atoms with E-state index in [4.69, 9.17) is 15.0 Å². The second-order valence-electron chi connectivity index (χ2n) is 3.87. The molecule has 2 N–H and O–H groups in total. The van der Waals surface area contributed by atoms with Gasteiger partial charge in [0.25, 0.3) is 0 Å². The molecule has 1 unspecified atom stereocenters. The Morgan fingerprint density at radius 1 is 1.53 bits per heavy atom. The van der Waals surface area contributed by atoms with Crippen molar-refractivity contribution in [3.63, 3.8) is 0 Å². The molecule has 0 radical (unpaired) electrons. The lowest BCUT2D eigenvalue weighted by Crippen LogP contribution is -2.46. The van der Waals surface area contributed by atoms with E-state index in [0.717, 1.165) is 6.42 Å². The Labute approximate surface area is 94.8 Å². The Kier molecular flexibility index (Phi) is 3.70. The predicted molar refractivity (Wildman–Crippen MR) is 56.9 cm³/mol. The van der Waals surface area contributed by atoms with Crippen molar-refractivity contribution in [3.8, 4) is 0 Å². The molecule has 2 rings (SSSR count). The van der Waals surface area contributed by atoms with Gasteiger partial charge >= 0.3 is 0 Å². The summed E-state index contributed by atoms with van der Waals surface area (Å²) in [6, 6.07) is -0.178. The summed E-state index contributed by atoms with van der Waals surface area (Å²) in [4.78, 5) is 4.29. The number of rotatable bonds is 3. The number of hydrogen-bond donors (Lipinski definition) is 1. The van der Waals surface area contributed by atoms with Crippen LogP contribution in [0.5, 0.6) is 0 Å². The molecule has 1 aromatic heterocycles. The van der Waals surface area contributed by atoms with Crippen molar-refractivity contribution in [3.05, 3.63) is 11.7 Å². The van der Waals surface area contributed by atoms with E-state index in [1.54, 1.807) is 0 Å². The first kappa shape index (κ1) is 12.4. The molecule has 0 saturated carbocycles. The lowest BCUT2D eigenvalue weighted by Gasteiger charge is -2.36.